The van der Waals surface area contributed by atoms with Gasteiger partial charge in [-0.05, 0) is 55.7 Å². The van der Waals surface area contributed by atoms with Gasteiger partial charge in [-0.2, -0.15) is 22.8 Å². The number of anilines is 1. The number of benzene rings is 1. The summed E-state index contributed by atoms with van der Waals surface area (Å²) in [6, 6.07) is 10.0. The lowest BCUT2D eigenvalue weighted by atomic mass is 10.0. The summed E-state index contributed by atoms with van der Waals surface area (Å²) < 4.78 is 80.3. The van der Waals surface area contributed by atoms with Gasteiger partial charge in [0.25, 0.3) is 17.7 Å². The average molecular weight is 534 g/mol. The summed E-state index contributed by atoms with van der Waals surface area (Å²) in [5, 5.41) is 18.2. The van der Waals surface area contributed by atoms with Gasteiger partial charge in [-0.3, -0.25) is 4.79 Å². The highest BCUT2D eigenvalue weighted by Crippen LogP contribution is 2.47. The number of carbonyl (C=O) groups excluding carboxylic acids is 1. The number of carbonyl (C=O) groups is 1. The molecule has 14 heteroatoms. The van der Waals surface area contributed by atoms with Crippen LogP contribution in [-0.4, -0.2) is 31.6 Å². The van der Waals surface area contributed by atoms with E-state index in [0.717, 1.165) is 13.0 Å². The van der Waals surface area contributed by atoms with E-state index < -0.39 is 61.6 Å². The molecule has 0 spiro atoms. The van der Waals surface area contributed by atoms with Gasteiger partial charge in [-0.1, -0.05) is 6.07 Å². The molecule has 1 aliphatic carbocycles. The fourth-order valence-electron chi connectivity index (χ4n) is 3.54. The van der Waals surface area contributed by atoms with Gasteiger partial charge in [-0.15, -0.1) is 10.2 Å². The summed E-state index contributed by atoms with van der Waals surface area (Å²) in [6.07, 6.45) is -2.76. The van der Waals surface area contributed by atoms with Crippen molar-refractivity contribution in [2.75, 3.05) is 11.6 Å². The van der Waals surface area contributed by atoms with Crippen LogP contribution >= 0.6 is 0 Å². The van der Waals surface area contributed by atoms with Crippen LogP contribution in [0.3, 0.4) is 0 Å². The van der Waals surface area contributed by atoms with Crippen molar-refractivity contribution in [3.63, 3.8) is 0 Å². The molecule has 0 bridgehead atoms. The SMILES string of the molecule is Cc1c(C(F)(F)F)nnc(Oc2ccc(C3(C#N)CC3)nc2F)c1C(=O)Nc1cccc(S(C)(=N)=O)c1. The minimum Gasteiger partial charge on any atom is -0.432 e. The molecule has 2 heterocycles. The van der Waals surface area contributed by atoms with Gasteiger partial charge in [0.05, 0.1) is 26.9 Å². The van der Waals surface area contributed by atoms with E-state index >= 15 is 0 Å². The number of halogens is 4. The van der Waals surface area contributed by atoms with Crippen LogP contribution in [0, 0.1) is 29.0 Å². The minimum atomic E-state index is -4.95. The molecule has 2 aromatic heterocycles. The van der Waals surface area contributed by atoms with Gasteiger partial charge in [-0.25, -0.2) is 14.0 Å². The van der Waals surface area contributed by atoms with Crippen molar-refractivity contribution in [3.05, 3.63) is 64.9 Å². The van der Waals surface area contributed by atoms with Gasteiger partial charge < -0.3 is 10.1 Å². The van der Waals surface area contributed by atoms with E-state index in [1.165, 1.54) is 36.6 Å². The molecule has 1 aromatic carbocycles. The van der Waals surface area contributed by atoms with E-state index in [9.17, 15) is 31.8 Å². The molecule has 1 fully saturated rings. The predicted molar refractivity (Wildman–Crippen MR) is 122 cm³/mol. The summed E-state index contributed by atoms with van der Waals surface area (Å²) in [4.78, 5) is 16.9. The van der Waals surface area contributed by atoms with Crippen LogP contribution in [0.5, 0.6) is 11.6 Å². The zero-order chi connectivity index (χ0) is 27.2. The topological polar surface area (TPSA) is 142 Å². The summed E-state index contributed by atoms with van der Waals surface area (Å²) in [6.45, 7) is 0.986. The Morgan fingerprint density at radius 2 is 1.95 bits per heavy atom. The number of nitrogens with one attached hydrogen (secondary N) is 2. The fraction of sp³-hybridized carbons (Fsp3) is 0.261. The molecule has 1 saturated carbocycles. The van der Waals surface area contributed by atoms with E-state index in [1.54, 1.807) is 0 Å². The Kier molecular flexibility index (Phi) is 6.37. The quantitative estimate of drug-likeness (QED) is 0.336. The second kappa shape index (κ2) is 9.07. The number of ether oxygens (including phenoxy) is 1. The van der Waals surface area contributed by atoms with Crippen LogP contribution in [-0.2, 0) is 21.3 Å². The Morgan fingerprint density at radius 1 is 1.24 bits per heavy atom. The Balaban J connectivity index is 1.74. The molecule has 1 amide bonds. The van der Waals surface area contributed by atoms with Crippen LogP contribution < -0.4 is 10.1 Å². The Bertz CT molecular complexity index is 1560. The minimum absolute atomic E-state index is 0.0449. The molecule has 192 valence electrons. The molecule has 37 heavy (non-hydrogen) atoms. The lowest BCUT2D eigenvalue weighted by Crippen LogP contribution is -2.21. The van der Waals surface area contributed by atoms with Gasteiger partial charge in [0.2, 0.25) is 0 Å². The largest absolute Gasteiger partial charge is 0.435 e. The fourth-order valence-corrected chi connectivity index (χ4v) is 4.23. The highest BCUT2D eigenvalue weighted by atomic mass is 32.2. The first-order chi connectivity index (χ1) is 17.2. The third-order valence-electron chi connectivity index (χ3n) is 5.70. The number of amides is 1. The van der Waals surface area contributed by atoms with Crippen molar-refractivity contribution in [2.45, 2.75) is 36.3 Å². The van der Waals surface area contributed by atoms with E-state index in [2.05, 4.69) is 26.6 Å². The number of hydrogen-bond donors (Lipinski definition) is 2. The average Bonchev–Trinajstić information content (AvgIpc) is 3.60. The molecule has 2 N–H and O–H groups in total. The Labute approximate surface area is 208 Å². The maximum Gasteiger partial charge on any atom is 0.435 e. The number of nitriles is 1. The standard InChI is InChI=1S/C23H18F4N6O3S/c1-12-17(20(34)30-13-4-3-5-14(10-13)37(2,29)35)21(33-32-18(12)23(25,26)27)36-15-6-7-16(31-19(15)24)22(11-28)8-9-22/h3-7,10,29H,8-9H2,1-2H3,(H,30,34). The maximum absolute atomic E-state index is 14.7. The lowest BCUT2D eigenvalue weighted by Gasteiger charge is -2.16. The van der Waals surface area contributed by atoms with Gasteiger partial charge in [0.1, 0.15) is 5.56 Å². The normalized spacial score (nSPS) is 15.8. The van der Waals surface area contributed by atoms with Crippen molar-refractivity contribution in [1.82, 2.24) is 15.2 Å². The predicted octanol–water partition coefficient (Wildman–Crippen LogP) is 4.97. The second-order valence-corrected chi connectivity index (χ2v) is 10.6. The van der Waals surface area contributed by atoms with Gasteiger partial charge in [0, 0.05) is 16.8 Å². The smallest absolute Gasteiger partial charge is 0.432 e. The van der Waals surface area contributed by atoms with E-state index in [-0.39, 0.29) is 16.3 Å². The van der Waals surface area contributed by atoms with Crippen molar-refractivity contribution in [2.24, 2.45) is 0 Å². The molecular formula is C23H18F4N6O3S. The van der Waals surface area contributed by atoms with E-state index in [0.29, 0.717) is 12.8 Å². The van der Waals surface area contributed by atoms with Crippen molar-refractivity contribution < 1.29 is 31.3 Å². The molecule has 4 rings (SSSR count). The Morgan fingerprint density at radius 3 is 2.51 bits per heavy atom. The van der Waals surface area contributed by atoms with E-state index in [1.807, 2.05) is 0 Å². The molecule has 0 aliphatic heterocycles. The van der Waals surface area contributed by atoms with Crippen LogP contribution in [0.2, 0.25) is 0 Å². The van der Waals surface area contributed by atoms with Crippen molar-refractivity contribution in [3.8, 4) is 17.7 Å². The number of rotatable bonds is 6. The van der Waals surface area contributed by atoms with Crippen LogP contribution in [0.25, 0.3) is 0 Å². The van der Waals surface area contributed by atoms with Gasteiger partial charge in [0.15, 0.2) is 11.4 Å². The molecule has 1 unspecified atom stereocenters. The van der Waals surface area contributed by atoms with E-state index in [4.69, 9.17) is 9.52 Å². The second-order valence-electron chi connectivity index (χ2n) is 8.46. The first-order valence-corrected chi connectivity index (χ1v) is 12.6. The van der Waals surface area contributed by atoms with Crippen LogP contribution in [0.4, 0.5) is 23.2 Å². The third-order valence-corrected chi connectivity index (χ3v) is 6.85. The monoisotopic (exact) mass is 534 g/mol. The van der Waals surface area contributed by atoms with Gasteiger partial charge >= 0.3 is 6.18 Å². The summed E-state index contributed by atoms with van der Waals surface area (Å²) in [5.74, 6) is -3.50. The molecular weight excluding hydrogens is 516 g/mol. The summed E-state index contributed by atoms with van der Waals surface area (Å²) >= 11 is 0. The molecule has 0 radical (unpaired) electrons. The van der Waals surface area contributed by atoms with Crippen molar-refractivity contribution in [1.29, 1.82) is 10.0 Å². The third kappa shape index (κ3) is 5.21. The number of nitrogens with zero attached hydrogens (tertiary/aromatic N) is 4. The maximum atomic E-state index is 14.7. The number of aromatic nitrogens is 3. The molecule has 1 aliphatic rings. The number of hydrogen-bond acceptors (Lipinski definition) is 8. The lowest BCUT2D eigenvalue weighted by molar-refractivity contribution is -0.142. The van der Waals surface area contributed by atoms with Crippen molar-refractivity contribution >= 4 is 21.3 Å². The molecule has 9 nitrogen and oxygen atoms in total. The number of pyridine rings is 1. The molecule has 3 aromatic rings. The first-order valence-electron chi connectivity index (χ1n) is 10.6. The highest BCUT2D eigenvalue weighted by molar-refractivity contribution is 7.91. The summed E-state index contributed by atoms with van der Waals surface area (Å²) in [5.41, 5.74) is -3.39. The Hall–Kier alpha value is -4.12. The van der Waals surface area contributed by atoms with Crippen LogP contribution in [0.1, 0.15) is 40.2 Å². The number of alkyl halides is 3. The summed E-state index contributed by atoms with van der Waals surface area (Å²) in [7, 11) is -3.14. The first kappa shape index (κ1) is 26.0. The van der Waals surface area contributed by atoms with Crippen LogP contribution in [0.15, 0.2) is 41.3 Å². The highest BCUT2D eigenvalue weighted by Gasteiger charge is 2.46. The zero-order valence-electron chi connectivity index (χ0n) is 19.3. The molecule has 1 atom stereocenters. The zero-order valence-corrected chi connectivity index (χ0v) is 20.1. The molecule has 0 saturated heterocycles.